The van der Waals surface area contributed by atoms with E-state index in [9.17, 15) is 14.9 Å². The highest BCUT2D eigenvalue weighted by atomic mass is 79.9. The van der Waals surface area contributed by atoms with Crippen molar-refractivity contribution in [3.8, 4) is 0 Å². The van der Waals surface area contributed by atoms with Gasteiger partial charge in [-0.25, -0.2) is 0 Å². The Kier molecular flexibility index (Phi) is 4.72. The van der Waals surface area contributed by atoms with Crippen molar-refractivity contribution in [3.05, 3.63) is 38.3 Å². The zero-order chi connectivity index (χ0) is 14.7. The molecule has 0 spiro atoms. The molecule has 108 valence electrons. The number of nitro groups is 1. The van der Waals surface area contributed by atoms with Gasteiger partial charge in [-0.1, -0.05) is 15.9 Å². The van der Waals surface area contributed by atoms with Gasteiger partial charge in [0, 0.05) is 23.2 Å². The molecular formula is C13H15BrN2O4. The molecule has 0 saturated carbocycles. The van der Waals surface area contributed by atoms with Gasteiger partial charge in [-0.3, -0.25) is 19.8 Å². The van der Waals surface area contributed by atoms with Crippen LogP contribution < -0.4 is 0 Å². The number of carbonyl (C=O) groups excluding carboxylic acids is 1. The summed E-state index contributed by atoms with van der Waals surface area (Å²) < 4.78 is 5.48. The average Bonchev–Trinajstić information content (AvgIpc) is 2.88. The molecule has 0 aliphatic carbocycles. The number of hydrogen-bond donors (Lipinski definition) is 0. The molecule has 1 aromatic carbocycles. The highest BCUT2D eigenvalue weighted by molar-refractivity contribution is 9.10. The van der Waals surface area contributed by atoms with Gasteiger partial charge in [0.1, 0.15) is 6.04 Å². The molecule has 20 heavy (non-hydrogen) atoms. The van der Waals surface area contributed by atoms with Crippen LogP contribution in [0.5, 0.6) is 0 Å². The van der Waals surface area contributed by atoms with Gasteiger partial charge in [0.15, 0.2) is 0 Å². The second-order valence-corrected chi connectivity index (χ2v) is 5.54. The van der Waals surface area contributed by atoms with Crippen molar-refractivity contribution in [2.24, 2.45) is 0 Å². The SMILES string of the molecule is COC(=O)C1CCCN1Cc1ccc([N+](=O)[O-])cc1Br. The first-order valence-electron chi connectivity index (χ1n) is 6.27. The quantitative estimate of drug-likeness (QED) is 0.477. The van der Waals surface area contributed by atoms with Crippen molar-refractivity contribution in [3.63, 3.8) is 0 Å². The number of ether oxygens (including phenoxy) is 1. The van der Waals surface area contributed by atoms with Crippen molar-refractivity contribution in [1.82, 2.24) is 4.90 Å². The number of esters is 1. The van der Waals surface area contributed by atoms with Crippen molar-refractivity contribution >= 4 is 27.6 Å². The molecule has 1 unspecified atom stereocenters. The van der Waals surface area contributed by atoms with Gasteiger partial charge >= 0.3 is 5.97 Å². The smallest absolute Gasteiger partial charge is 0.323 e. The molecule has 1 aliphatic heterocycles. The number of likely N-dealkylation sites (tertiary alicyclic amines) is 1. The molecular weight excluding hydrogens is 328 g/mol. The van der Waals surface area contributed by atoms with E-state index < -0.39 is 4.92 Å². The van der Waals surface area contributed by atoms with E-state index in [2.05, 4.69) is 15.9 Å². The Balaban J connectivity index is 2.13. The lowest BCUT2D eigenvalue weighted by Crippen LogP contribution is -2.36. The molecule has 0 amide bonds. The molecule has 1 atom stereocenters. The Bertz CT molecular complexity index is 535. The van der Waals surface area contributed by atoms with Gasteiger partial charge in [0.25, 0.3) is 5.69 Å². The maximum absolute atomic E-state index is 11.7. The lowest BCUT2D eigenvalue weighted by Gasteiger charge is -2.22. The molecule has 1 heterocycles. The van der Waals surface area contributed by atoms with E-state index in [-0.39, 0.29) is 17.7 Å². The molecule has 1 aliphatic rings. The van der Waals surface area contributed by atoms with E-state index in [1.54, 1.807) is 6.07 Å². The Hall–Kier alpha value is -1.47. The van der Waals surface area contributed by atoms with Crippen LogP contribution in [-0.2, 0) is 16.1 Å². The zero-order valence-electron chi connectivity index (χ0n) is 11.0. The van der Waals surface area contributed by atoms with Gasteiger partial charge in [0.2, 0.25) is 0 Å². The van der Waals surface area contributed by atoms with Gasteiger partial charge in [0.05, 0.1) is 12.0 Å². The average molecular weight is 343 g/mol. The molecule has 0 radical (unpaired) electrons. The minimum Gasteiger partial charge on any atom is -0.468 e. The summed E-state index contributed by atoms with van der Waals surface area (Å²) in [5.41, 5.74) is 0.970. The van der Waals surface area contributed by atoms with Crippen LogP contribution in [0.1, 0.15) is 18.4 Å². The molecule has 2 rings (SSSR count). The Morgan fingerprint density at radius 3 is 2.95 bits per heavy atom. The van der Waals surface area contributed by atoms with Crippen LogP contribution >= 0.6 is 15.9 Å². The summed E-state index contributed by atoms with van der Waals surface area (Å²) in [5.74, 6) is -0.222. The maximum Gasteiger partial charge on any atom is 0.323 e. The number of non-ortho nitro benzene ring substituents is 1. The second-order valence-electron chi connectivity index (χ2n) is 4.68. The summed E-state index contributed by atoms with van der Waals surface area (Å²) in [4.78, 5) is 24.0. The third-order valence-corrected chi connectivity index (χ3v) is 4.20. The fourth-order valence-corrected chi connectivity index (χ4v) is 2.91. The number of halogens is 1. The lowest BCUT2D eigenvalue weighted by atomic mass is 10.1. The van der Waals surface area contributed by atoms with Gasteiger partial charge in [-0.05, 0) is 31.0 Å². The minimum absolute atomic E-state index is 0.0477. The molecule has 0 aromatic heterocycles. The van der Waals surface area contributed by atoms with E-state index in [1.807, 2.05) is 4.90 Å². The summed E-state index contributed by atoms with van der Waals surface area (Å²) >= 11 is 3.35. The standard InChI is InChI=1S/C13H15BrN2O4/c1-20-13(17)12-3-2-6-15(12)8-9-4-5-10(16(18)19)7-11(9)14/h4-5,7,12H,2-3,6,8H2,1H3. The van der Waals surface area contributed by atoms with E-state index in [0.717, 1.165) is 24.9 Å². The third kappa shape index (κ3) is 3.16. The van der Waals surface area contributed by atoms with Crippen LogP contribution in [0.15, 0.2) is 22.7 Å². The Morgan fingerprint density at radius 2 is 2.35 bits per heavy atom. The second kappa shape index (κ2) is 6.32. The van der Waals surface area contributed by atoms with E-state index in [0.29, 0.717) is 11.0 Å². The normalized spacial score (nSPS) is 19.0. The summed E-state index contributed by atoms with van der Waals surface area (Å²) in [6.45, 7) is 1.39. The van der Waals surface area contributed by atoms with Crippen LogP contribution in [0, 0.1) is 10.1 Å². The fraction of sp³-hybridized carbons (Fsp3) is 0.462. The van der Waals surface area contributed by atoms with Crippen LogP contribution in [0.25, 0.3) is 0 Å². The number of methoxy groups -OCH3 is 1. The summed E-state index contributed by atoms with van der Waals surface area (Å²) in [7, 11) is 1.39. The van der Waals surface area contributed by atoms with Crippen molar-refractivity contribution in [2.75, 3.05) is 13.7 Å². The summed E-state index contributed by atoms with van der Waals surface area (Å²) in [5, 5.41) is 10.7. The molecule has 0 bridgehead atoms. The van der Waals surface area contributed by atoms with E-state index in [1.165, 1.54) is 19.2 Å². The fourth-order valence-electron chi connectivity index (χ4n) is 2.42. The first-order valence-corrected chi connectivity index (χ1v) is 7.07. The van der Waals surface area contributed by atoms with Crippen LogP contribution in [0.2, 0.25) is 0 Å². The molecule has 1 saturated heterocycles. The summed E-state index contributed by atoms with van der Waals surface area (Å²) in [6.07, 6.45) is 1.74. The molecule has 0 N–H and O–H groups in total. The lowest BCUT2D eigenvalue weighted by molar-refractivity contribution is -0.384. The number of nitro benzene ring substituents is 1. The van der Waals surface area contributed by atoms with Gasteiger partial charge < -0.3 is 4.74 Å². The number of nitrogens with zero attached hydrogens (tertiary/aromatic N) is 2. The molecule has 7 heteroatoms. The summed E-state index contributed by atoms with van der Waals surface area (Å²) in [6, 6.07) is 4.46. The number of rotatable bonds is 4. The highest BCUT2D eigenvalue weighted by Gasteiger charge is 2.31. The van der Waals surface area contributed by atoms with Crippen LogP contribution in [0.4, 0.5) is 5.69 Å². The number of hydrogen-bond acceptors (Lipinski definition) is 5. The molecule has 1 aromatic rings. The van der Waals surface area contributed by atoms with E-state index >= 15 is 0 Å². The van der Waals surface area contributed by atoms with E-state index in [4.69, 9.17) is 4.74 Å². The van der Waals surface area contributed by atoms with Crippen molar-refractivity contribution < 1.29 is 14.5 Å². The van der Waals surface area contributed by atoms with Crippen molar-refractivity contribution in [1.29, 1.82) is 0 Å². The topological polar surface area (TPSA) is 72.7 Å². The maximum atomic E-state index is 11.7. The van der Waals surface area contributed by atoms with Crippen LogP contribution in [0.3, 0.4) is 0 Å². The van der Waals surface area contributed by atoms with Crippen LogP contribution in [-0.4, -0.2) is 35.5 Å². The Morgan fingerprint density at radius 1 is 1.60 bits per heavy atom. The predicted molar refractivity (Wildman–Crippen MR) is 76.2 cm³/mol. The van der Waals surface area contributed by atoms with Gasteiger partial charge in [-0.2, -0.15) is 0 Å². The minimum atomic E-state index is -0.429. The number of carbonyl (C=O) groups is 1. The predicted octanol–water partition coefficient (Wildman–Crippen LogP) is 2.49. The zero-order valence-corrected chi connectivity index (χ0v) is 12.6. The molecule has 6 nitrogen and oxygen atoms in total. The monoisotopic (exact) mass is 342 g/mol. The first kappa shape index (κ1) is 14.9. The highest BCUT2D eigenvalue weighted by Crippen LogP contribution is 2.27. The van der Waals surface area contributed by atoms with Crippen molar-refractivity contribution in [2.45, 2.75) is 25.4 Å². The molecule has 1 fully saturated rings. The number of benzene rings is 1. The van der Waals surface area contributed by atoms with Gasteiger partial charge in [-0.15, -0.1) is 0 Å². The Labute approximate surface area is 125 Å². The largest absolute Gasteiger partial charge is 0.468 e. The first-order chi connectivity index (χ1) is 9.52. The third-order valence-electron chi connectivity index (χ3n) is 3.46.